The van der Waals surface area contributed by atoms with Gasteiger partial charge in [0.05, 0.1) is 0 Å². The smallest absolute Gasteiger partial charge is 0.0360 e. The molecule has 0 heterocycles. The van der Waals surface area contributed by atoms with Gasteiger partial charge in [0.1, 0.15) is 0 Å². The SMILES string of the molecule is CN(C)c1ccccc1.C[SiH](C)C. The highest BCUT2D eigenvalue weighted by Crippen LogP contribution is 2.07. The van der Waals surface area contributed by atoms with Gasteiger partial charge in [-0.1, -0.05) is 37.8 Å². The van der Waals surface area contributed by atoms with Gasteiger partial charge in [-0.3, -0.25) is 0 Å². The number of para-hydroxylation sites is 1. The van der Waals surface area contributed by atoms with Crippen LogP contribution in [0.2, 0.25) is 19.6 Å². The van der Waals surface area contributed by atoms with Crippen molar-refractivity contribution >= 4 is 14.5 Å². The monoisotopic (exact) mass is 195 g/mol. The fourth-order valence-corrected chi connectivity index (χ4v) is 0.726. The summed E-state index contributed by atoms with van der Waals surface area (Å²) in [5, 5.41) is 0. The maximum atomic E-state index is 2.31. The molecule has 0 radical (unpaired) electrons. The quantitative estimate of drug-likeness (QED) is 0.623. The largest absolute Gasteiger partial charge is 0.378 e. The highest BCUT2D eigenvalue weighted by molar-refractivity contribution is 6.54. The Kier molecular flexibility index (Phi) is 6.33. The van der Waals surface area contributed by atoms with E-state index in [2.05, 4.69) is 36.7 Å². The van der Waals surface area contributed by atoms with Crippen LogP contribution in [0.15, 0.2) is 30.3 Å². The van der Waals surface area contributed by atoms with E-state index in [-0.39, 0.29) is 8.80 Å². The van der Waals surface area contributed by atoms with Crippen LogP contribution >= 0.6 is 0 Å². The first kappa shape index (κ1) is 12.2. The molecule has 2 heteroatoms. The molecule has 0 saturated heterocycles. The number of anilines is 1. The molecule has 0 fully saturated rings. The van der Waals surface area contributed by atoms with Gasteiger partial charge in [0.15, 0.2) is 0 Å². The van der Waals surface area contributed by atoms with Gasteiger partial charge in [-0.2, -0.15) is 0 Å². The molecule has 74 valence electrons. The average molecular weight is 195 g/mol. The van der Waals surface area contributed by atoms with E-state index in [1.54, 1.807) is 0 Å². The normalized spacial score (nSPS) is 9.08. The number of rotatable bonds is 1. The molecule has 0 spiro atoms. The predicted octanol–water partition coefficient (Wildman–Crippen LogP) is 2.86. The minimum Gasteiger partial charge on any atom is -0.378 e. The Balaban J connectivity index is 0.000000310. The Bertz CT molecular complexity index is 204. The molecule has 13 heavy (non-hydrogen) atoms. The summed E-state index contributed by atoms with van der Waals surface area (Å²) in [6, 6.07) is 10.3. The lowest BCUT2D eigenvalue weighted by atomic mass is 10.3. The minimum absolute atomic E-state index is 0.139. The third-order valence-corrected chi connectivity index (χ3v) is 1.27. The van der Waals surface area contributed by atoms with Crippen molar-refractivity contribution < 1.29 is 0 Å². The van der Waals surface area contributed by atoms with E-state index in [0.29, 0.717) is 0 Å². The van der Waals surface area contributed by atoms with Crippen molar-refractivity contribution in [2.75, 3.05) is 19.0 Å². The molecule has 1 aromatic carbocycles. The van der Waals surface area contributed by atoms with E-state index in [1.807, 2.05) is 32.3 Å². The van der Waals surface area contributed by atoms with Crippen LogP contribution in [-0.4, -0.2) is 22.9 Å². The van der Waals surface area contributed by atoms with E-state index in [4.69, 9.17) is 0 Å². The Labute approximate surface area is 84.0 Å². The van der Waals surface area contributed by atoms with Crippen LogP contribution in [0.1, 0.15) is 0 Å². The molecule has 0 amide bonds. The van der Waals surface area contributed by atoms with Crippen molar-refractivity contribution in [1.82, 2.24) is 0 Å². The Morgan fingerprint density at radius 1 is 0.923 bits per heavy atom. The molecular weight excluding hydrogens is 174 g/mol. The summed E-state index contributed by atoms with van der Waals surface area (Å²) in [4.78, 5) is 2.08. The van der Waals surface area contributed by atoms with Gasteiger partial charge < -0.3 is 4.90 Å². The average Bonchev–Trinajstić information content (AvgIpc) is 2.05. The van der Waals surface area contributed by atoms with Crippen LogP contribution in [0.25, 0.3) is 0 Å². The van der Waals surface area contributed by atoms with Crippen LogP contribution in [0.4, 0.5) is 5.69 Å². The topological polar surface area (TPSA) is 3.24 Å². The van der Waals surface area contributed by atoms with Crippen LogP contribution in [0.3, 0.4) is 0 Å². The molecule has 0 N–H and O–H groups in total. The van der Waals surface area contributed by atoms with Crippen molar-refractivity contribution in [2.45, 2.75) is 19.6 Å². The number of nitrogens with zero attached hydrogens (tertiary/aromatic N) is 1. The van der Waals surface area contributed by atoms with Gasteiger partial charge in [0.25, 0.3) is 0 Å². The van der Waals surface area contributed by atoms with Gasteiger partial charge in [-0.25, -0.2) is 0 Å². The maximum Gasteiger partial charge on any atom is 0.0360 e. The van der Waals surface area contributed by atoms with Gasteiger partial charge in [-0.05, 0) is 12.1 Å². The number of hydrogen-bond acceptors (Lipinski definition) is 1. The van der Waals surface area contributed by atoms with Gasteiger partial charge in [-0.15, -0.1) is 0 Å². The highest BCUT2D eigenvalue weighted by atomic mass is 28.3. The van der Waals surface area contributed by atoms with E-state index >= 15 is 0 Å². The summed E-state index contributed by atoms with van der Waals surface area (Å²) >= 11 is 0. The molecule has 1 nitrogen and oxygen atoms in total. The summed E-state index contributed by atoms with van der Waals surface area (Å²) in [5.41, 5.74) is 1.25. The Morgan fingerprint density at radius 3 is 1.54 bits per heavy atom. The molecule has 1 rings (SSSR count). The summed E-state index contributed by atoms with van der Waals surface area (Å²) in [7, 11) is 3.94. The lowest BCUT2D eigenvalue weighted by Gasteiger charge is -2.10. The standard InChI is InChI=1S/C8H11N.C3H10Si/c1-9(2)8-6-4-3-5-7-8;1-4(2)3/h3-7H,1-2H3;4H,1-3H3. The number of hydrogen-bond donors (Lipinski definition) is 0. The summed E-state index contributed by atoms with van der Waals surface area (Å²) < 4.78 is 0. The number of benzene rings is 1. The van der Waals surface area contributed by atoms with Crippen LogP contribution in [-0.2, 0) is 0 Å². The molecule has 0 bridgehead atoms. The van der Waals surface area contributed by atoms with Crippen molar-refractivity contribution in [3.8, 4) is 0 Å². The minimum atomic E-state index is -0.139. The molecule has 0 aromatic heterocycles. The van der Waals surface area contributed by atoms with Crippen LogP contribution < -0.4 is 4.90 Å². The second-order valence-corrected chi connectivity index (χ2v) is 7.43. The fraction of sp³-hybridized carbons (Fsp3) is 0.455. The predicted molar refractivity (Wildman–Crippen MR) is 65.5 cm³/mol. The first-order valence-corrected chi connectivity index (χ1v) is 8.22. The van der Waals surface area contributed by atoms with Gasteiger partial charge in [0.2, 0.25) is 0 Å². The highest BCUT2D eigenvalue weighted by Gasteiger charge is 1.87. The second kappa shape index (κ2) is 6.72. The molecule has 0 aliphatic rings. The zero-order valence-corrected chi connectivity index (χ0v) is 10.6. The maximum absolute atomic E-state index is 2.31. The van der Waals surface area contributed by atoms with Crippen molar-refractivity contribution in [3.05, 3.63) is 30.3 Å². The Hall–Kier alpha value is -0.763. The molecule has 0 aliphatic carbocycles. The van der Waals surface area contributed by atoms with E-state index in [0.717, 1.165) is 0 Å². The lowest BCUT2D eigenvalue weighted by molar-refractivity contribution is 1.13. The lowest BCUT2D eigenvalue weighted by Crippen LogP contribution is -2.07. The van der Waals surface area contributed by atoms with E-state index < -0.39 is 0 Å². The molecule has 0 unspecified atom stereocenters. The fourth-order valence-electron chi connectivity index (χ4n) is 0.726. The molecule has 0 aliphatic heterocycles. The molecule has 1 aromatic rings. The van der Waals surface area contributed by atoms with Crippen molar-refractivity contribution in [3.63, 3.8) is 0 Å². The zero-order chi connectivity index (χ0) is 10.3. The third-order valence-electron chi connectivity index (χ3n) is 1.27. The van der Waals surface area contributed by atoms with Crippen molar-refractivity contribution in [1.29, 1.82) is 0 Å². The third kappa shape index (κ3) is 7.59. The van der Waals surface area contributed by atoms with Crippen molar-refractivity contribution in [2.24, 2.45) is 0 Å². The van der Waals surface area contributed by atoms with Crippen LogP contribution in [0.5, 0.6) is 0 Å². The summed E-state index contributed by atoms with van der Waals surface area (Å²) in [6.07, 6.45) is 0. The van der Waals surface area contributed by atoms with Crippen LogP contribution in [0, 0.1) is 0 Å². The summed E-state index contributed by atoms with van der Waals surface area (Å²) in [6.45, 7) is 6.92. The van der Waals surface area contributed by atoms with Gasteiger partial charge >= 0.3 is 0 Å². The summed E-state index contributed by atoms with van der Waals surface area (Å²) in [5.74, 6) is 0. The second-order valence-electron chi connectivity index (χ2n) is 3.96. The molecule has 0 atom stereocenters. The van der Waals surface area contributed by atoms with Gasteiger partial charge in [0, 0.05) is 28.6 Å². The Morgan fingerprint density at radius 2 is 1.31 bits per heavy atom. The zero-order valence-electron chi connectivity index (χ0n) is 9.41. The van der Waals surface area contributed by atoms with E-state index in [1.165, 1.54) is 5.69 Å². The van der Waals surface area contributed by atoms with E-state index in [9.17, 15) is 0 Å². The first-order valence-electron chi connectivity index (χ1n) is 4.76. The molecule has 0 saturated carbocycles. The molecular formula is C11H21NSi. The first-order chi connectivity index (χ1) is 6.04.